The molecule has 2 aliphatic rings. The Bertz CT molecular complexity index is 837. The molecule has 30 heavy (non-hydrogen) atoms. The third kappa shape index (κ3) is 4.93. The summed E-state index contributed by atoms with van der Waals surface area (Å²) in [7, 11) is 0. The summed E-state index contributed by atoms with van der Waals surface area (Å²) in [6.07, 6.45) is 3.16. The summed E-state index contributed by atoms with van der Waals surface area (Å²) in [6.45, 7) is 2.51. The SMILES string of the molecule is O=C([C@@H]1C[C@H](Oc2ccccc2)CN1C(=O)NCCc1ccccc1)N1CCCC1. The number of likely N-dealkylation sites (tertiary alicyclic amines) is 2. The van der Waals surface area contributed by atoms with E-state index in [1.807, 2.05) is 65.6 Å². The van der Waals surface area contributed by atoms with Crippen molar-refractivity contribution in [3.05, 3.63) is 66.2 Å². The van der Waals surface area contributed by atoms with Gasteiger partial charge in [0, 0.05) is 26.1 Å². The predicted octanol–water partition coefficient (Wildman–Crippen LogP) is 3.08. The molecule has 6 nitrogen and oxygen atoms in total. The summed E-state index contributed by atoms with van der Waals surface area (Å²) in [5.74, 6) is 0.811. The molecule has 2 fully saturated rings. The molecule has 2 aromatic rings. The number of carbonyl (C=O) groups is 2. The molecule has 2 aliphatic heterocycles. The fourth-order valence-corrected chi connectivity index (χ4v) is 4.24. The summed E-state index contributed by atoms with van der Waals surface area (Å²) in [5, 5.41) is 2.99. The molecule has 0 unspecified atom stereocenters. The molecule has 0 saturated carbocycles. The molecule has 2 aromatic carbocycles. The van der Waals surface area contributed by atoms with Crippen molar-refractivity contribution in [1.29, 1.82) is 0 Å². The van der Waals surface area contributed by atoms with Gasteiger partial charge in [-0.2, -0.15) is 0 Å². The Hall–Kier alpha value is -3.02. The highest BCUT2D eigenvalue weighted by molar-refractivity contribution is 5.88. The number of nitrogens with zero attached hydrogens (tertiary/aromatic N) is 2. The third-order valence-corrected chi connectivity index (χ3v) is 5.81. The minimum absolute atomic E-state index is 0.0462. The maximum absolute atomic E-state index is 13.1. The zero-order valence-corrected chi connectivity index (χ0v) is 17.2. The van der Waals surface area contributed by atoms with Crippen LogP contribution in [0, 0.1) is 0 Å². The lowest BCUT2D eigenvalue weighted by Crippen LogP contribution is -2.50. The number of ether oxygens (including phenoxy) is 1. The summed E-state index contributed by atoms with van der Waals surface area (Å²) in [4.78, 5) is 29.6. The molecular weight excluding hydrogens is 378 g/mol. The molecule has 6 heteroatoms. The molecular formula is C24H29N3O3. The second-order valence-electron chi connectivity index (χ2n) is 7.96. The van der Waals surface area contributed by atoms with Gasteiger partial charge in [0.2, 0.25) is 5.91 Å². The third-order valence-electron chi connectivity index (χ3n) is 5.81. The maximum Gasteiger partial charge on any atom is 0.318 e. The van der Waals surface area contributed by atoms with Gasteiger partial charge in [-0.15, -0.1) is 0 Å². The van der Waals surface area contributed by atoms with Crippen molar-refractivity contribution in [3.63, 3.8) is 0 Å². The van der Waals surface area contributed by atoms with E-state index in [2.05, 4.69) is 5.32 Å². The Morgan fingerprint density at radius 1 is 0.967 bits per heavy atom. The number of benzene rings is 2. The first-order chi connectivity index (χ1) is 14.7. The van der Waals surface area contributed by atoms with Gasteiger partial charge in [-0.25, -0.2) is 4.79 Å². The molecule has 2 atom stereocenters. The minimum atomic E-state index is -0.464. The van der Waals surface area contributed by atoms with Crippen molar-refractivity contribution < 1.29 is 14.3 Å². The largest absolute Gasteiger partial charge is 0.488 e. The minimum Gasteiger partial charge on any atom is -0.488 e. The van der Waals surface area contributed by atoms with Crippen LogP contribution in [0.15, 0.2) is 60.7 Å². The Kier molecular flexibility index (Phi) is 6.52. The molecule has 0 aromatic heterocycles. The quantitative estimate of drug-likeness (QED) is 0.801. The van der Waals surface area contributed by atoms with E-state index in [0.29, 0.717) is 19.5 Å². The first-order valence-electron chi connectivity index (χ1n) is 10.8. The first kappa shape index (κ1) is 20.3. The van der Waals surface area contributed by atoms with Crippen LogP contribution in [0.25, 0.3) is 0 Å². The zero-order chi connectivity index (χ0) is 20.8. The number of para-hydroxylation sites is 1. The number of carbonyl (C=O) groups excluding carboxylic acids is 2. The molecule has 0 spiro atoms. The van der Waals surface area contributed by atoms with E-state index in [9.17, 15) is 9.59 Å². The van der Waals surface area contributed by atoms with Crippen molar-refractivity contribution >= 4 is 11.9 Å². The Labute approximate surface area is 177 Å². The average molecular weight is 408 g/mol. The highest BCUT2D eigenvalue weighted by atomic mass is 16.5. The van der Waals surface area contributed by atoms with Crippen LogP contribution in [0.2, 0.25) is 0 Å². The fraction of sp³-hybridized carbons (Fsp3) is 0.417. The highest BCUT2D eigenvalue weighted by Gasteiger charge is 2.42. The second-order valence-corrected chi connectivity index (χ2v) is 7.96. The van der Waals surface area contributed by atoms with Crippen molar-refractivity contribution in [2.24, 2.45) is 0 Å². The normalized spacial score (nSPS) is 20.9. The molecule has 0 aliphatic carbocycles. The molecule has 0 radical (unpaired) electrons. The van der Waals surface area contributed by atoms with E-state index < -0.39 is 6.04 Å². The van der Waals surface area contributed by atoms with Crippen LogP contribution in [0.5, 0.6) is 5.75 Å². The lowest BCUT2D eigenvalue weighted by molar-refractivity contribution is -0.134. The number of amides is 3. The maximum atomic E-state index is 13.1. The molecule has 2 heterocycles. The van der Waals surface area contributed by atoms with Gasteiger partial charge in [0.1, 0.15) is 17.9 Å². The van der Waals surface area contributed by atoms with Crippen molar-refractivity contribution in [2.45, 2.75) is 37.8 Å². The van der Waals surface area contributed by atoms with Gasteiger partial charge >= 0.3 is 6.03 Å². The fourth-order valence-electron chi connectivity index (χ4n) is 4.24. The first-order valence-corrected chi connectivity index (χ1v) is 10.8. The molecule has 3 amide bonds. The van der Waals surface area contributed by atoms with Crippen molar-refractivity contribution in [1.82, 2.24) is 15.1 Å². The molecule has 4 rings (SSSR count). The highest BCUT2D eigenvalue weighted by Crippen LogP contribution is 2.25. The summed E-state index contributed by atoms with van der Waals surface area (Å²) < 4.78 is 6.08. The van der Waals surface area contributed by atoms with Crippen LogP contribution in [0.3, 0.4) is 0 Å². The van der Waals surface area contributed by atoms with Gasteiger partial charge < -0.3 is 19.9 Å². The van der Waals surface area contributed by atoms with Crippen LogP contribution in [-0.2, 0) is 11.2 Å². The second kappa shape index (κ2) is 9.65. The number of hydrogen-bond donors (Lipinski definition) is 1. The number of nitrogens with one attached hydrogen (secondary N) is 1. The van der Waals surface area contributed by atoms with E-state index in [1.54, 1.807) is 4.90 Å². The van der Waals surface area contributed by atoms with Crippen molar-refractivity contribution in [3.8, 4) is 5.75 Å². The molecule has 0 bridgehead atoms. The Balaban J connectivity index is 1.40. The average Bonchev–Trinajstić information content (AvgIpc) is 3.45. The number of hydrogen-bond acceptors (Lipinski definition) is 3. The molecule has 1 N–H and O–H groups in total. The van der Waals surface area contributed by atoms with Gasteiger partial charge in [-0.1, -0.05) is 48.5 Å². The summed E-state index contributed by atoms with van der Waals surface area (Å²) in [6, 6.07) is 19.0. The topological polar surface area (TPSA) is 61.9 Å². The van der Waals surface area contributed by atoms with Crippen LogP contribution in [0.4, 0.5) is 4.79 Å². The molecule has 158 valence electrons. The van der Waals surface area contributed by atoms with E-state index >= 15 is 0 Å². The summed E-state index contributed by atoms with van der Waals surface area (Å²) in [5.41, 5.74) is 1.18. The van der Waals surface area contributed by atoms with Gasteiger partial charge in [0.15, 0.2) is 0 Å². The van der Waals surface area contributed by atoms with E-state index in [-0.39, 0.29) is 18.0 Å². The Morgan fingerprint density at radius 2 is 1.63 bits per heavy atom. The molecule has 2 saturated heterocycles. The van der Waals surface area contributed by atoms with Crippen LogP contribution in [-0.4, -0.2) is 60.1 Å². The lowest BCUT2D eigenvalue weighted by atomic mass is 10.1. The van der Waals surface area contributed by atoms with Gasteiger partial charge in [-0.05, 0) is 37.0 Å². The van der Waals surface area contributed by atoms with Gasteiger partial charge in [0.25, 0.3) is 0 Å². The van der Waals surface area contributed by atoms with E-state index in [1.165, 1.54) is 5.56 Å². The van der Waals surface area contributed by atoms with Crippen LogP contribution >= 0.6 is 0 Å². The Morgan fingerprint density at radius 3 is 2.33 bits per heavy atom. The van der Waals surface area contributed by atoms with Crippen LogP contribution < -0.4 is 10.1 Å². The lowest BCUT2D eigenvalue weighted by Gasteiger charge is -2.27. The zero-order valence-electron chi connectivity index (χ0n) is 17.2. The van der Waals surface area contributed by atoms with E-state index in [4.69, 9.17) is 4.74 Å². The van der Waals surface area contributed by atoms with Crippen LogP contribution in [0.1, 0.15) is 24.8 Å². The number of urea groups is 1. The standard InChI is InChI=1S/C24H29N3O3/c28-23(26-15-7-8-16-26)22-17-21(30-20-11-5-2-6-12-20)18-27(22)24(29)25-14-13-19-9-3-1-4-10-19/h1-6,9-12,21-22H,7-8,13-18H2,(H,25,29)/t21-,22-/m0/s1. The van der Waals surface area contributed by atoms with Gasteiger partial charge in [-0.3, -0.25) is 4.79 Å². The summed E-state index contributed by atoms with van der Waals surface area (Å²) >= 11 is 0. The van der Waals surface area contributed by atoms with Crippen molar-refractivity contribution in [2.75, 3.05) is 26.2 Å². The monoisotopic (exact) mass is 407 g/mol. The smallest absolute Gasteiger partial charge is 0.318 e. The predicted molar refractivity (Wildman–Crippen MR) is 115 cm³/mol. The van der Waals surface area contributed by atoms with Gasteiger partial charge in [0.05, 0.1) is 6.54 Å². The number of rotatable bonds is 6. The van der Waals surface area contributed by atoms with E-state index in [0.717, 1.165) is 38.1 Å².